The molecule has 4 nitrogen and oxygen atoms in total. The van der Waals surface area contributed by atoms with E-state index in [0.717, 1.165) is 23.2 Å². The molecule has 0 unspecified atom stereocenters. The molecular formula is C18H20ClN3OS. The van der Waals surface area contributed by atoms with E-state index < -0.39 is 0 Å². The predicted molar refractivity (Wildman–Crippen MR) is 103 cm³/mol. The molecule has 0 aliphatic carbocycles. The minimum atomic E-state index is -0.215. The molecule has 0 fully saturated rings. The summed E-state index contributed by atoms with van der Waals surface area (Å²) in [4.78, 5) is 12.0. The Morgan fingerprint density at radius 2 is 1.79 bits per heavy atom. The van der Waals surface area contributed by atoms with Crippen LogP contribution < -0.4 is 16.2 Å². The summed E-state index contributed by atoms with van der Waals surface area (Å²) in [6.07, 6.45) is 1.07. The van der Waals surface area contributed by atoms with Crippen molar-refractivity contribution in [1.82, 2.24) is 10.9 Å². The van der Waals surface area contributed by atoms with Crippen molar-refractivity contribution < 1.29 is 4.79 Å². The van der Waals surface area contributed by atoms with Crippen molar-refractivity contribution in [3.8, 4) is 0 Å². The zero-order valence-electron chi connectivity index (χ0n) is 13.7. The van der Waals surface area contributed by atoms with Gasteiger partial charge in [0, 0.05) is 10.7 Å². The fourth-order valence-corrected chi connectivity index (χ4v) is 2.69. The lowest BCUT2D eigenvalue weighted by molar-refractivity contribution is -0.120. The van der Waals surface area contributed by atoms with Gasteiger partial charge in [-0.25, -0.2) is 0 Å². The second-order valence-electron chi connectivity index (χ2n) is 5.36. The summed E-state index contributed by atoms with van der Waals surface area (Å²) in [5, 5.41) is 4.05. The van der Waals surface area contributed by atoms with Crippen LogP contribution >= 0.6 is 23.8 Å². The molecule has 0 aliphatic rings. The molecule has 2 aromatic carbocycles. The first-order valence-corrected chi connectivity index (χ1v) is 8.47. The fraction of sp³-hybridized carbons (Fsp3) is 0.222. The number of amides is 1. The van der Waals surface area contributed by atoms with Crippen molar-refractivity contribution in [1.29, 1.82) is 0 Å². The van der Waals surface area contributed by atoms with Crippen molar-refractivity contribution >= 4 is 40.5 Å². The summed E-state index contributed by atoms with van der Waals surface area (Å²) in [5.41, 5.74) is 9.32. The van der Waals surface area contributed by atoms with Gasteiger partial charge in [-0.1, -0.05) is 54.9 Å². The minimum Gasteiger partial charge on any atom is -0.331 e. The van der Waals surface area contributed by atoms with Crippen molar-refractivity contribution in [3.05, 3.63) is 64.2 Å². The van der Waals surface area contributed by atoms with Gasteiger partial charge < -0.3 is 5.32 Å². The first kappa shape index (κ1) is 18.2. The van der Waals surface area contributed by atoms with Crippen molar-refractivity contribution in [2.45, 2.75) is 26.7 Å². The highest BCUT2D eigenvalue weighted by atomic mass is 35.5. The highest BCUT2D eigenvalue weighted by Gasteiger charge is 2.09. The van der Waals surface area contributed by atoms with Crippen molar-refractivity contribution in [2.75, 3.05) is 5.32 Å². The van der Waals surface area contributed by atoms with Gasteiger partial charge in [-0.05, 0) is 48.3 Å². The monoisotopic (exact) mass is 361 g/mol. The van der Waals surface area contributed by atoms with Gasteiger partial charge in [0.05, 0.1) is 6.42 Å². The van der Waals surface area contributed by atoms with Crippen LogP contribution in [-0.2, 0) is 17.6 Å². The van der Waals surface area contributed by atoms with Gasteiger partial charge in [0.1, 0.15) is 0 Å². The van der Waals surface area contributed by atoms with Crippen LogP contribution in [-0.4, -0.2) is 11.0 Å². The van der Waals surface area contributed by atoms with Crippen LogP contribution in [0.5, 0.6) is 0 Å². The zero-order chi connectivity index (χ0) is 17.5. The van der Waals surface area contributed by atoms with Crippen LogP contribution in [0.15, 0.2) is 42.5 Å². The van der Waals surface area contributed by atoms with Crippen LogP contribution in [0.1, 0.15) is 23.6 Å². The number of hydrogen-bond donors (Lipinski definition) is 3. The average Bonchev–Trinajstić information content (AvgIpc) is 2.57. The van der Waals surface area contributed by atoms with E-state index in [4.69, 9.17) is 23.8 Å². The molecule has 0 radical (unpaired) electrons. The number of para-hydroxylation sites is 1. The van der Waals surface area contributed by atoms with Crippen LogP contribution in [0.2, 0.25) is 5.02 Å². The molecule has 24 heavy (non-hydrogen) atoms. The van der Waals surface area contributed by atoms with E-state index in [0.29, 0.717) is 10.1 Å². The van der Waals surface area contributed by atoms with Gasteiger partial charge >= 0.3 is 0 Å². The molecule has 0 saturated heterocycles. The second kappa shape index (κ2) is 8.66. The number of thiocarbonyl (C=S) groups is 1. The Balaban J connectivity index is 1.90. The summed E-state index contributed by atoms with van der Waals surface area (Å²) in [6, 6.07) is 13.3. The van der Waals surface area contributed by atoms with Gasteiger partial charge in [0.15, 0.2) is 5.11 Å². The number of hydrazine groups is 1. The second-order valence-corrected chi connectivity index (χ2v) is 6.17. The summed E-state index contributed by atoms with van der Waals surface area (Å²) in [6.45, 7) is 4.10. The molecule has 0 bridgehead atoms. The Hall–Kier alpha value is -2.11. The first-order valence-electron chi connectivity index (χ1n) is 7.69. The van der Waals surface area contributed by atoms with Crippen LogP contribution in [0.25, 0.3) is 0 Å². The molecular weight excluding hydrogens is 342 g/mol. The Labute approximate surface area is 152 Å². The lowest BCUT2D eigenvalue weighted by Crippen LogP contribution is -2.44. The third-order valence-corrected chi connectivity index (χ3v) is 4.18. The number of anilines is 1. The highest BCUT2D eigenvalue weighted by Crippen LogP contribution is 2.20. The van der Waals surface area contributed by atoms with Gasteiger partial charge in [-0.2, -0.15) is 0 Å². The van der Waals surface area contributed by atoms with E-state index in [9.17, 15) is 4.79 Å². The fourth-order valence-electron chi connectivity index (χ4n) is 2.33. The Bertz CT molecular complexity index is 749. The smallest absolute Gasteiger partial charge is 0.242 e. The van der Waals surface area contributed by atoms with E-state index in [1.807, 2.05) is 43.3 Å². The largest absolute Gasteiger partial charge is 0.331 e. The number of halogens is 1. The number of carbonyl (C=O) groups excluding carboxylic acids is 1. The predicted octanol–water partition coefficient (Wildman–Crippen LogP) is 3.77. The van der Waals surface area contributed by atoms with E-state index in [2.05, 4.69) is 23.1 Å². The maximum absolute atomic E-state index is 12.0. The van der Waals surface area contributed by atoms with Crippen molar-refractivity contribution in [2.24, 2.45) is 0 Å². The van der Waals surface area contributed by atoms with Crippen molar-refractivity contribution in [3.63, 3.8) is 0 Å². The van der Waals surface area contributed by atoms with Crippen LogP contribution in [0.3, 0.4) is 0 Å². The highest BCUT2D eigenvalue weighted by molar-refractivity contribution is 7.80. The third kappa shape index (κ3) is 4.94. The maximum atomic E-state index is 12.0. The van der Waals surface area contributed by atoms with Gasteiger partial charge in [-0.15, -0.1) is 0 Å². The van der Waals surface area contributed by atoms with E-state index in [-0.39, 0.29) is 12.3 Å². The summed E-state index contributed by atoms with van der Waals surface area (Å²) < 4.78 is 0. The molecule has 3 N–H and O–H groups in total. The molecule has 0 atom stereocenters. The Morgan fingerprint density at radius 3 is 2.50 bits per heavy atom. The standard InChI is InChI=1S/C18H20ClN3OS/c1-3-13-9-6-7-12(2)17(13)20-18(24)22-21-16(23)11-14-8-4-5-10-15(14)19/h4-10H,3,11H2,1-2H3,(H,21,23)(H2,20,22,24). The van der Waals surface area contributed by atoms with E-state index in [1.54, 1.807) is 6.07 Å². The van der Waals surface area contributed by atoms with Gasteiger partial charge in [-0.3, -0.25) is 15.6 Å². The number of hydrogen-bond acceptors (Lipinski definition) is 2. The molecule has 0 aromatic heterocycles. The average molecular weight is 362 g/mol. The molecule has 0 heterocycles. The number of nitrogens with one attached hydrogen (secondary N) is 3. The first-order chi connectivity index (χ1) is 11.5. The molecule has 0 spiro atoms. The van der Waals surface area contributed by atoms with E-state index >= 15 is 0 Å². The molecule has 0 aliphatic heterocycles. The summed E-state index contributed by atoms with van der Waals surface area (Å²) in [7, 11) is 0. The lowest BCUT2D eigenvalue weighted by Gasteiger charge is -2.16. The van der Waals surface area contributed by atoms with E-state index in [1.165, 1.54) is 5.56 Å². The Kier molecular flexibility index (Phi) is 6.58. The number of aryl methyl sites for hydroxylation is 2. The minimum absolute atomic E-state index is 0.180. The molecule has 126 valence electrons. The van der Waals surface area contributed by atoms with Gasteiger partial charge in [0.25, 0.3) is 0 Å². The molecule has 1 amide bonds. The normalized spacial score (nSPS) is 10.1. The maximum Gasteiger partial charge on any atom is 0.242 e. The Morgan fingerprint density at radius 1 is 1.08 bits per heavy atom. The molecule has 0 saturated carbocycles. The number of benzene rings is 2. The summed E-state index contributed by atoms with van der Waals surface area (Å²) in [5.74, 6) is -0.215. The SMILES string of the molecule is CCc1cccc(C)c1NC(=S)NNC(=O)Cc1ccccc1Cl. The van der Waals surface area contributed by atoms with Crippen LogP contribution in [0, 0.1) is 6.92 Å². The summed E-state index contributed by atoms with van der Waals surface area (Å²) >= 11 is 11.3. The quantitative estimate of drug-likeness (QED) is 0.573. The van der Waals surface area contributed by atoms with Crippen LogP contribution in [0.4, 0.5) is 5.69 Å². The molecule has 6 heteroatoms. The topological polar surface area (TPSA) is 53.2 Å². The molecule has 2 aromatic rings. The third-order valence-electron chi connectivity index (χ3n) is 3.60. The van der Waals surface area contributed by atoms with Gasteiger partial charge in [0.2, 0.25) is 5.91 Å². The number of carbonyl (C=O) groups is 1. The lowest BCUT2D eigenvalue weighted by atomic mass is 10.1. The molecule has 2 rings (SSSR count). The zero-order valence-corrected chi connectivity index (χ0v) is 15.2. The number of rotatable bonds is 4.